The van der Waals surface area contributed by atoms with Crippen LogP contribution in [0.2, 0.25) is 0 Å². The molecule has 0 saturated carbocycles. The molecule has 1 heterocycles. The minimum atomic E-state index is -0.324. The number of hydrogen-bond acceptors (Lipinski definition) is 3. The first-order chi connectivity index (χ1) is 7.46. The highest BCUT2D eigenvalue weighted by molar-refractivity contribution is 5.82. The molecule has 94 valence electrons. The smallest absolute Gasteiger partial charge is 0.227 e. The van der Waals surface area contributed by atoms with E-state index in [1.807, 2.05) is 20.8 Å². The lowest BCUT2D eigenvalue weighted by Crippen LogP contribution is -2.41. The van der Waals surface area contributed by atoms with Crippen LogP contribution in [0.1, 0.15) is 33.6 Å². The maximum atomic E-state index is 11.9. The molecule has 4 heteroatoms. The van der Waals surface area contributed by atoms with Crippen LogP contribution in [0.25, 0.3) is 0 Å². The van der Waals surface area contributed by atoms with E-state index >= 15 is 0 Å². The van der Waals surface area contributed by atoms with E-state index in [0.29, 0.717) is 13.0 Å². The summed E-state index contributed by atoms with van der Waals surface area (Å²) in [6.45, 7) is 8.18. The Bertz CT molecular complexity index is 235. The molecule has 1 aliphatic heterocycles. The summed E-state index contributed by atoms with van der Waals surface area (Å²) in [5, 5.41) is 15.7. The average molecular weight is 228 g/mol. The quantitative estimate of drug-likeness (QED) is 0.642. The van der Waals surface area contributed by atoms with Gasteiger partial charge in [-0.3, -0.25) is 4.79 Å². The zero-order chi connectivity index (χ0) is 12.2. The van der Waals surface area contributed by atoms with Crippen LogP contribution in [0, 0.1) is 11.3 Å². The number of nitrogens with one attached hydrogen (secondary N) is 2. The highest BCUT2D eigenvalue weighted by Crippen LogP contribution is 2.24. The number of carbonyl (C=O) groups excluding carboxylic acids is 1. The molecule has 0 bridgehead atoms. The Morgan fingerprint density at radius 3 is 2.75 bits per heavy atom. The number of hydrogen-bond donors (Lipinski definition) is 3. The van der Waals surface area contributed by atoms with E-state index in [9.17, 15) is 9.90 Å². The molecule has 1 rings (SSSR count). The summed E-state index contributed by atoms with van der Waals surface area (Å²) in [4.78, 5) is 11.9. The van der Waals surface area contributed by atoms with Crippen LogP contribution in [0.3, 0.4) is 0 Å². The molecule has 1 amide bonds. The third-order valence-electron chi connectivity index (χ3n) is 3.41. The van der Waals surface area contributed by atoms with Gasteiger partial charge in [0.1, 0.15) is 0 Å². The molecule has 0 aromatic rings. The molecule has 1 saturated heterocycles. The maximum Gasteiger partial charge on any atom is 0.227 e. The van der Waals surface area contributed by atoms with Gasteiger partial charge in [-0.1, -0.05) is 13.8 Å². The van der Waals surface area contributed by atoms with Crippen molar-refractivity contribution in [2.24, 2.45) is 11.3 Å². The maximum absolute atomic E-state index is 11.9. The molecule has 4 nitrogen and oxygen atoms in total. The number of carbonyl (C=O) groups is 1. The Morgan fingerprint density at radius 1 is 1.56 bits per heavy atom. The number of rotatable bonds is 5. The zero-order valence-electron chi connectivity index (χ0n) is 10.5. The van der Waals surface area contributed by atoms with Crippen LogP contribution < -0.4 is 10.6 Å². The largest absolute Gasteiger partial charge is 0.393 e. The van der Waals surface area contributed by atoms with Crippen molar-refractivity contribution in [3.8, 4) is 0 Å². The first-order valence-electron chi connectivity index (χ1n) is 6.13. The summed E-state index contributed by atoms with van der Waals surface area (Å²) in [5.41, 5.74) is -0.261. The molecule has 2 atom stereocenters. The van der Waals surface area contributed by atoms with Gasteiger partial charge in [-0.25, -0.2) is 0 Å². The second-order valence-electron chi connectivity index (χ2n) is 5.34. The molecular formula is C12H24N2O2. The third kappa shape index (κ3) is 3.46. The monoisotopic (exact) mass is 228 g/mol. The molecule has 0 radical (unpaired) electrons. The highest BCUT2D eigenvalue weighted by atomic mass is 16.3. The molecule has 0 aliphatic carbocycles. The van der Waals surface area contributed by atoms with Crippen molar-refractivity contribution >= 4 is 5.91 Å². The topological polar surface area (TPSA) is 61.4 Å². The summed E-state index contributed by atoms with van der Waals surface area (Å²) < 4.78 is 0. The van der Waals surface area contributed by atoms with E-state index in [-0.39, 0.29) is 23.3 Å². The second kappa shape index (κ2) is 5.64. The predicted molar refractivity (Wildman–Crippen MR) is 64.1 cm³/mol. The predicted octanol–water partition coefficient (Wildman–Crippen LogP) is 0.509. The Balaban J connectivity index is 2.25. The standard InChI is InChI=1S/C12H24N2O2/c1-9(2)10(15)4-6-14-11(16)12(3)5-7-13-8-12/h9-10,13,15H,4-8H2,1-3H3,(H,14,16). The van der Waals surface area contributed by atoms with Gasteiger partial charge in [-0.2, -0.15) is 0 Å². The van der Waals surface area contributed by atoms with E-state index in [4.69, 9.17) is 0 Å². The van der Waals surface area contributed by atoms with Crippen LogP contribution in [-0.4, -0.2) is 36.8 Å². The van der Waals surface area contributed by atoms with Gasteiger partial charge in [-0.05, 0) is 32.2 Å². The minimum Gasteiger partial charge on any atom is -0.393 e. The van der Waals surface area contributed by atoms with Gasteiger partial charge >= 0.3 is 0 Å². The normalized spacial score (nSPS) is 27.1. The Hall–Kier alpha value is -0.610. The number of aliphatic hydroxyl groups is 1. The molecule has 16 heavy (non-hydrogen) atoms. The van der Waals surface area contributed by atoms with E-state index in [1.54, 1.807) is 0 Å². The van der Waals surface area contributed by atoms with Crippen molar-refractivity contribution in [1.82, 2.24) is 10.6 Å². The van der Waals surface area contributed by atoms with Gasteiger partial charge in [0, 0.05) is 13.1 Å². The SMILES string of the molecule is CC(C)C(O)CCNC(=O)C1(C)CCNC1. The Labute approximate surface area is 97.8 Å². The van der Waals surface area contributed by atoms with E-state index in [2.05, 4.69) is 10.6 Å². The fraction of sp³-hybridized carbons (Fsp3) is 0.917. The van der Waals surface area contributed by atoms with Crippen molar-refractivity contribution in [3.05, 3.63) is 0 Å². The number of aliphatic hydroxyl groups excluding tert-OH is 1. The van der Waals surface area contributed by atoms with Gasteiger partial charge in [0.25, 0.3) is 0 Å². The van der Waals surface area contributed by atoms with E-state index < -0.39 is 0 Å². The lowest BCUT2D eigenvalue weighted by Gasteiger charge is -2.22. The molecule has 0 aromatic carbocycles. The lowest BCUT2D eigenvalue weighted by molar-refractivity contribution is -0.129. The van der Waals surface area contributed by atoms with E-state index in [1.165, 1.54) is 0 Å². The number of amides is 1. The molecule has 2 unspecified atom stereocenters. The van der Waals surface area contributed by atoms with Gasteiger partial charge in [0.2, 0.25) is 5.91 Å². The summed E-state index contributed by atoms with van der Waals surface area (Å²) in [6.07, 6.45) is 1.20. The molecule has 0 aromatic heterocycles. The average Bonchev–Trinajstić information content (AvgIpc) is 2.66. The van der Waals surface area contributed by atoms with Gasteiger partial charge < -0.3 is 15.7 Å². The van der Waals surface area contributed by atoms with Gasteiger partial charge in [-0.15, -0.1) is 0 Å². The van der Waals surface area contributed by atoms with Crippen LogP contribution in [-0.2, 0) is 4.79 Å². The van der Waals surface area contributed by atoms with Crippen molar-refractivity contribution < 1.29 is 9.90 Å². The second-order valence-corrected chi connectivity index (χ2v) is 5.34. The van der Waals surface area contributed by atoms with Crippen LogP contribution in [0.5, 0.6) is 0 Å². The summed E-state index contributed by atoms with van der Waals surface area (Å²) >= 11 is 0. The summed E-state index contributed by atoms with van der Waals surface area (Å²) in [6, 6.07) is 0. The van der Waals surface area contributed by atoms with E-state index in [0.717, 1.165) is 19.5 Å². The Morgan fingerprint density at radius 2 is 2.25 bits per heavy atom. The minimum absolute atomic E-state index is 0.105. The lowest BCUT2D eigenvalue weighted by atomic mass is 9.89. The Kier molecular flexibility index (Phi) is 4.74. The highest BCUT2D eigenvalue weighted by Gasteiger charge is 2.35. The van der Waals surface area contributed by atoms with Crippen LogP contribution in [0.4, 0.5) is 0 Å². The first kappa shape index (κ1) is 13.5. The van der Waals surface area contributed by atoms with Crippen LogP contribution >= 0.6 is 0 Å². The molecule has 3 N–H and O–H groups in total. The fourth-order valence-electron chi connectivity index (χ4n) is 1.89. The fourth-order valence-corrected chi connectivity index (χ4v) is 1.89. The summed E-state index contributed by atoms with van der Waals surface area (Å²) in [7, 11) is 0. The zero-order valence-corrected chi connectivity index (χ0v) is 10.5. The van der Waals surface area contributed by atoms with Crippen molar-refractivity contribution in [3.63, 3.8) is 0 Å². The van der Waals surface area contributed by atoms with Gasteiger partial charge in [0.05, 0.1) is 11.5 Å². The molecule has 1 fully saturated rings. The third-order valence-corrected chi connectivity index (χ3v) is 3.41. The van der Waals surface area contributed by atoms with Gasteiger partial charge in [0.15, 0.2) is 0 Å². The van der Waals surface area contributed by atoms with Crippen LogP contribution in [0.15, 0.2) is 0 Å². The molecular weight excluding hydrogens is 204 g/mol. The van der Waals surface area contributed by atoms with Crippen molar-refractivity contribution in [1.29, 1.82) is 0 Å². The molecule has 1 aliphatic rings. The molecule has 0 spiro atoms. The summed E-state index contributed by atoms with van der Waals surface area (Å²) in [5.74, 6) is 0.356. The van der Waals surface area contributed by atoms with Crippen molar-refractivity contribution in [2.45, 2.75) is 39.7 Å². The van der Waals surface area contributed by atoms with Crippen molar-refractivity contribution in [2.75, 3.05) is 19.6 Å². The first-order valence-corrected chi connectivity index (χ1v) is 6.13.